The van der Waals surface area contributed by atoms with Crippen LogP contribution >= 0.6 is 0 Å². The summed E-state index contributed by atoms with van der Waals surface area (Å²) >= 11 is 0. The number of halogens is 1. The number of fused-ring (bicyclic) bond motifs is 3. The summed E-state index contributed by atoms with van der Waals surface area (Å²) in [6.07, 6.45) is 10.6. The fourth-order valence-corrected chi connectivity index (χ4v) is 5.03. The van der Waals surface area contributed by atoms with E-state index in [9.17, 15) is 14.3 Å². The Morgan fingerprint density at radius 2 is 1.76 bits per heavy atom. The molecule has 3 aromatic rings. The second-order valence-electron chi connectivity index (χ2n) is 8.90. The molecule has 0 bridgehead atoms. The van der Waals surface area contributed by atoms with Crippen LogP contribution < -0.4 is 0 Å². The highest BCUT2D eigenvalue weighted by molar-refractivity contribution is 6.07. The Bertz CT molecular complexity index is 1340. The monoisotopic (exact) mass is 454 g/mol. The fourth-order valence-electron chi connectivity index (χ4n) is 5.03. The van der Waals surface area contributed by atoms with Crippen molar-refractivity contribution < 1.29 is 14.3 Å². The molecule has 1 aromatic heterocycles. The fraction of sp³-hybridized carbons (Fsp3) is 0.207. The molecule has 4 nitrogen and oxygen atoms in total. The zero-order chi connectivity index (χ0) is 23.8. The first-order valence-corrected chi connectivity index (χ1v) is 11.6. The molecule has 1 aliphatic heterocycles. The number of aliphatic hydroxyl groups excluding tert-OH is 1. The van der Waals surface area contributed by atoms with E-state index in [0.717, 1.165) is 33.5 Å². The van der Waals surface area contributed by atoms with Crippen LogP contribution in [0.2, 0.25) is 0 Å². The highest BCUT2D eigenvalue weighted by Crippen LogP contribution is 2.45. The van der Waals surface area contributed by atoms with Gasteiger partial charge in [0.2, 0.25) is 0 Å². The van der Waals surface area contributed by atoms with E-state index in [2.05, 4.69) is 0 Å². The third-order valence-corrected chi connectivity index (χ3v) is 6.49. The Kier molecular flexibility index (Phi) is 5.80. The normalized spacial score (nSPS) is 15.1. The van der Waals surface area contributed by atoms with Crippen molar-refractivity contribution >= 4 is 5.91 Å². The number of amides is 1. The minimum atomic E-state index is -0.326. The van der Waals surface area contributed by atoms with Gasteiger partial charge in [0.25, 0.3) is 5.91 Å². The number of rotatable bonds is 4. The van der Waals surface area contributed by atoms with Crippen LogP contribution in [-0.4, -0.2) is 20.5 Å². The van der Waals surface area contributed by atoms with E-state index in [-0.39, 0.29) is 24.4 Å². The Labute approximate surface area is 199 Å². The zero-order valence-corrected chi connectivity index (χ0v) is 19.3. The number of allylic oxidation sites excluding steroid dienone is 5. The molecule has 0 atom stereocenters. The van der Waals surface area contributed by atoms with Crippen LogP contribution in [-0.2, 0) is 13.2 Å². The molecule has 0 saturated heterocycles. The van der Waals surface area contributed by atoms with Gasteiger partial charge in [-0.1, -0.05) is 60.7 Å². The number of carbonyl (C=O) groups is 1. The van der Waals surface area contributed by atoms with Gasteiger partial charge in [-0.15, -0.1) is 0 Å². The first kappa shape index (κ1) is 22.1. The molecule has 172 valence electrons. The van der Waals surface area contributed by atoms with Crippen molar-refractivity contribution in [3.05, 3.63) is 107 Å². The molecule has 5 rings (SSSR count). The largest absolute Gasteiger partial charge is 0.390 e. The number of carbonyl (C=O) groups excluding carboxylic acids is 1. The molecule has 2 aromatic carbocycles. The molecule has 1 amide bonds. The van der Waals surface area contributed by atoms with Crippen LogP contribution in [0.1, 0.15) is 48.1 Å². The van der Waals surface area contributed by atoms with Crippen LogP contribution in [0.15, 0.2) is 84.6 Å². The molecular formula is C29H27FN2O2. The molecule has 5 heteroatoms. The third kappa shape index (κ3) is 3.62. The van der Waals surface area contributed by atoms with E-state index >= 15 is 0 Å². The average Bonchev–Trinajstić information content (AvgIpc) is 2.94. The van der Waals surface area contributed by atoms with Gasteiger partial charge in [0, 0.05) is 29.3 Å². The molecule has 0 fully saturated rings. The molecule has 2 heterocycles. The van der Waals surface area contributed by atoms with Crippen molar-refractivity contribution in [2.24, 2.45) is 0 Å². The lowest BCUT2D eigenvalue weighted by atomic mass is 9.92. The van der Waals surface area contributed by atoms with E-state index < -0.39 is 0 Å². The maximum Gasteiger partial charge on any atom is 0.275 e. The molecule has 34 heavy (non-hydrogen) atoms. The summed E-state index contributed by atoms with van der Waals surface area (Å²) in [5.74, 6) is -0.425. The van der Waals surface area contributed by atoms with Crippen molar-refractivity contribution in [2.45, 2.75) is 39.5 Å². The number of nitrogens with zero attached hydrogens (tertiary/aromatic N) is 2. The summed E-state index contributed by atoms with van der Waals surface area (Å²) < 4.78 is 15.7. The Morgan fingerprint density at radius 3 is 2.50 bits per heavy atom. The lowest BCUT2D eigenvalue weighted by Gasteiger charge is -2.26. The quantitative estimate of drug-likeness (QED) is 0.496. The summed E-state index contributed by atoms with van der Waals surface area (Å²) in [6.45, 7) is 4.24. The number of hydrogen-bond donors (Lipinski definition) is 1. The highest BCUT2D eigenvalue weighted by Gasteiger charge is 2.36. The van der Waals surface area contributed by atoms with E-state index in [0.29, 0.717) is 24.4 Å². The van der Waals surface area contributed by atoms with Crippen LogP contribution in [0.5, 0.6) is 0 Å². The van der Waals surface area contributed by atoms with Gasteiger partial charge in [-0.2, -0.15) is 0 Å². The third-order valence-electron chi connectivity index (χ3n) is 6.49. The summed E-state index contributed by atoms with van der Waals surface area (Å²) in [6, 6.07) is 14.2. The van der Waals surface area contributed by atoms with Crippen molar-refractivity contribution in [1.29, 1.82) is 0 Å². The maximum absolute atomic E-state index is 14.3. The standard InChI is InChI=1S/C29H27FN2O2/c1-19(2)32-25(18-33)26(20-13-15-22(30)16-14-20)27-24-12-8-7-9-21(24)17-31(29(34)28(27)32)23-10-5-3-4-6-11-23/h3-10,12-16,19,33H,11,17-18H2,1-2H3. The van der Waals surface area contributed by atoms with Crippen molar-refractivity contribution in [3.63, 3.8) is 0 Å². The second-order valence-corrected chi connectivity index (χ2v) is 8.90. The topological polar surface area (TPSA) is 45.5 Å². The van der Waals surface area contributed by atoms with E-state index in [1.807, 2.05) is 78.0 Å². The SMILES string of the molecule is CC(C)n1c(CO)c(-c2ccc(F)cc2)c2c1C(=O)N(C1=CC=CC=CC1)Cc1ccccc1-2. The zero-order valence-electron chi connectivity index (χ0n) is 19.3. The number of hydrogen-bond acceptors (Lipinski definition) is 2. The molecule has 1 N–H and O–H groups in total. The van der Waals surface area contributed by atoms with Gasteiger partial charge in [-0.05, 0) is 48.7 Å². The lowest BCUT2D eigenvalue weighted by Crippen LogP contribution is -2.31. The van der Waals surface area contributed by atoms with E-state index in [1.54, 1.807) is 12.1 Å². The van der Waals surface area contributed by atoms with Gasteiger partial charge < -0.3 is 14.6 Å². The van der Waals surface area contributed by atoms with Crippen molar-refractivity contribution in [1.82, 2.24) is 9.47 Å². The number of aromatic nitrogens is 1. The van der Waals surface area contributed by atoms with Crippen LogP contribution in [0, 0.1) is 5.82 Å². The van der Waals surface area contributed by atoms with Crippen molar-refractivity contribution in [3.8, 4) is 22.3 Å². The van der Waals surface area contributed by atoms with Crippen LogP contribution in [0.4, 0.5) is 4.39 Å². The molecule has 0 spiro atoms. The Balaban J connectivity index is 1.86. The molecule has 1 aliphatic carbocycles. The second kappa shape index (κ2) is 8.92. The van der Waals surface area contributed by atoms with Gasteiger partial charge >= 0.3 is 0 Å². The maximum atomic E-state index is 14.3. The number of aliphatic hydroxyl groups is 1. The minimum Gasteiger partial charge on any atom is -0.390 e. The van der Waals surface area contributed by atoms with Gasteiger partial charge in [0.05, 0.1) is 18.8 Å². The molecule has 0 radical (unpaired) electrons. The first-order chi connectivity index (χ1) is 16.5. The summed E-state index contributed by atoms with van der Waals surface area (Å²) in [5, 5.41) is 10.5. The predicted molar refractivity (Wildman–Crippen MR) is 132 cm³/mol. The lowest BCUT2D eigenvalue weighted by molar-refractivity contribution is 0.0783. The summed E-state index contributed by atoms with van der Waals surface area (Å²) in [7, 11) is 0. The molecule has 0 unspecified atom stereocenters. The van der Waals surface area contributed by atoms with E-state index in [4.69, 9.17) is 0 Å². The van der Waals surface area contributed by atoms with Gasteiger partial charge in [0.15, 0.2) is 0 Å². The van der Waals surface area contributed by atoms with Crippen LogP contribution in [0.3, 0.4) is 0 Å². The van der Waals surface area contributed by atoms with Crippen LogP contribution in [0.25, 0.3) is 22.3 Å². The summed E-state index contributed by atoms with van der Waals surface area (Å²) in [5.41, 5.74) is 6.48. The average molecular weight is 455 g/mol. The Hall–Kier alpha value is -3.70. The van der Waals surface area contributed by atoms with Gasteiger partial charge in [0.1, 0.15) is 11.5 Å². The highest BCUT2D eigenvalue weighted by atomic mass is 19.1. The molecule has 2 aliphatic rings. The van der Waals surface area contributed by atoms with E-state index in [1.165, 1.54) is 12.1 Å². The minimum absolute atomic E-state index is 0.0657. The first-order valence-electron chi connectivity index (χ1n) is 11.6. The summed E-state index contributed by atoms with van der Waals surface area (Å²) in [4.78, 5) is 16.1. The smallest absolute Gasteiger partial charge is 0.275 e. The molecular weight excluding hydrogens is 427 g/mol. The molecule has 0 saturated carbocycles. The predicted octanol–water partition coefficient (Wildman–Crippen LogP) is 6.39. The number of benzene rings is 2. The van der Waals surface area contributed by atoms with Crippen molar-refractivity contribution in [2.75, 3.05) is 0 Å². The van der Waals surface area contributed by atoms with Gasteiger partial charge in [-0.25, -0.2) is 4.39 Å². The Morgan fingerprint density at radius 1 is 1.00 bits per heavy atom. The van der Waals surface area contributed by atoms with Gasteiger partial charge in [-0.3, -0.25) is 4.79 Å².